The standard InChI is InChI=1S/C39H48N4O8S/c1-2-28-23-39(28,38(47)42-52(48,49)30-15-16-30)41-35(45)33-21-29-24-43(33)37(46)32(26-11-7-5-8-12-26)22-34(44)50-19-9-4-3-6-10-25-13-14-27-17-18-40-36(51-29)31(27)20-25/h2,6,10,13-14,17-18,20,26,28-30,32-33H,1,3-5,7-9,11-12,15-16,19,21-24H2,(H,41,45)(H,42,47)/b10-6+/t28-,29+,32-,33-,39+/m0/s1. The molecule has 3 saturated carbocycles. The van der Waals surface area contributed by atoms with E-state index >= 15 is 0 Å². The highest BCUT2D eigenvalue weighted by molar-refractivity contribution is 7.91. The molecule has 5 aliphatic rings. The van der Waals surface area contributed by atoms with Gasteiger partial charge in [0.25, 0.3) is 5.91 Å². The number of cyclic esters (lactones) is 1. The van der Waals surface area contributed by atoms with Gasteiger partial charge in [-0.05, 0) is 80.4 Å². The first-order valence-corrected chi connectivity index (χ1v) is 20.3. The molecule has 7 rings (SSSR count). The predicted molar refractivity (Wildman–Crippen MR) is 194 cm³/mol. The van der Waals surface area contributed by atoms with E-state index in [1.807, 2.05) is 30.3 Å². The number of benzene rings is 1. The van der Waals surface area contributed by atoms with Gasteiger partial charge in [0.15, 0.2) is 0 Å². The number of nitrogens with one attached hydrogen (secondary N) is 2. The lowest BCUT2D eigenvalue weighted by molar-refractivity contribution is -0.152. The van der Waals surface area contributed by atoms with Crippen molar-refractivity contribution >= 4 is 50.6 Å². The molecule has 5 atom stereocenters. The summed E-state index contributed by atoms with van der Waals surface area (Å²) in [4.78, 5) is 61.9. The molecule has 2 aromatic rings. The quantitative estimate of drug-likeness (QED) is 0.307. The number of allylic oxidation sites excluding steroid dienone is 1. The first kappa shape index (κ1) is 36.1. The summed E-state index contributed by atoms with van der Waals surface area (Å²) >= 11 is 0. The van der Waals surface area contributed by atoms with Crippen molar-refractivity contribution in [2.45, 2.75) is 106 Å². The van der Waals surface area contributed by atoms with E-state index in [0.717, 1.165) is 61.3 Å². The van der Waals surface area contributed by atoms with Crippen LogP contribution >= 0.6 is 0 Å². The summed E-state index contributed by atoms with van der Waals surface area (Å²) in [5.41, 5.74) is -0.536. The molecule has 2 aliphatic heterocycles. The fraction of sp³-hybridized carbons (Fsp3) is 0.564. The Bertz CT molecular complexity index is 1870. The maximum absolute atomic E-state index is 14.7. The van der Waals surface area contributed by atoms with Gasteiger partial charge in [-0.25, -0.2) is 13.4 Å². The Morgan fingerprint density at radius 1 is 1.04 bits per heavy atom. The second-order valence-corrected chi connectivity index (χ2v) is 17.0. The third kappa shape index (κ3) is 7.74. The van der Waals surface area contributed by atoms with Crippen LogP contribution in [0.1, 0.15) is 89.0 Å². The van der Waals surface area contributed by atoms with Crippen molar-refractivity contribution in [2.24, 2.45) is 17.8 Å². The lowest BCUT2D eigenvalue weighted by Crippen LogP contribution is -2.57. The second-order valence-electron chi connectivity index (χ2n) is 15.1. The van der Waals surface area contributed by atoms with E-state index in [9.17, 15) is 27.6 Å². The molecule has 4 fully saturated rings. The van der Waals surface area contributed by atoms with Crippen LogP contribution in [0.25, 0.3) is 16.8 Å². The summed E-state index contributed by atoms with van der Waals surface area (Å²) in [5, 5.41) is 3.96. The number of sulfonamides is 1. The number of carbonyl (C=O) groups is 4. The molecule has 3 heterocycles. The van der Waals surface area contributed by atoms with Gasteiger partial charge in [0.1, 0.15) is 17.7 Å². The molecule has 0 radical (unpaired) electrons. The topological polar surface area (TPSA) is 161 Å². The number of aromatic nitrogens is 1. The van der Waals surface area contributed by atoms with Crippen LogP contribution in [0.2, 0.25) is 0 Å². The highest BCUT2D eigenvalue weighted by atomic mass is 32.2. The molecule has 4 bridgehead atoms. The number of hydrogen-bond donors (Lipinski definition) is 2. The molecule has 2 N–H and O–H groups in total. The number of fused-ring (bicyclic) bond motifs is 3. The molecule has 0 unspecified atom stereocenters. The number of ether oxygens (including phenoxy) is 2. The minimum absolute atomic E-state index is 0.0480. The third-order valence-electron chi connectivity index (χ3n) is 11.4. The fourth-order valence-corrected chi connectivity index (χ4v) is 9.49. The number of esters is 1. The van der Waals surface area contributed by atoms with Gasteiger partial charge in [-0.1, -0.05) is 49.6 Å². The molecule has 52 heavy (non-hydrogen) atoms. The number of hydrogen-bond acceptors (Lipinski definition) is 9. The Hall–Kier alpha value is -4.26. The monoisotopic (exact) mass is 732 g/mol. The molecule has 1 aromatic carbocycles. The smallest absolute Gasteiger partial charge is 0.306 e. The zero-order chi connectivity index (χ0) is 36.5. The Kier molecular flexibility index (Phi) is 10.4. The van der Waals surface area contributed by atoms with E-state index < -0.39 is 62.6 Å². The SMILES string of the molecule is C=C[C@H]1C[C@]1(NC(=O)[C@@H]1C[C@@H]2CN1C(=O)[C@H](C1CCCCC1)CC(=O)OCCCC/C=C/c1ccc3ccnc(c3c1)O2)C(=O)NS(=O)(=O)C1CC1. The summed E-state index contributed by atoms with van der Waals surface area (Å²) in [6.45, 7) is 4.13. The number of amides is 3. The van der Waals surface area contributed by atoms with Crippen molar-refractivity contribution in [3.63, 3.8) is 0 Å². The average molecular weight is 733 g/mol. The number of pyridine rings is 1. The normalized spacial score (nSPS) is 29.6. The van der Waals surface area contributed by atoms with Crippen LogP contribution in [-0.2, 0) is 33.9 Å². The molecule has 3 amide bonds. The Balaban J connectivity index is 1.21. The lowest BCUT2D eigenvalue weighted by atomic mass is 9.77. The largest absolute Gasteiger partial charge is 0.472 e. The van der Waals surface area contributed by atoms with Gasteiger partial charge in [0, 0.05) is 23.9 Å². The van der Waals surface area contributed by atoms with E-state index in [-0.39, 0.29) is 44.2 Å². The maximum Gasteiger partial charge on any atom is 0.306 e. The van der Waals surface area contributed by atoms with Gasteiger partial charge in [0.2, 0.25) is 27.7 Å². The average Bonchev–Trinajstić information content (AvgIpc) is 4.07. The summed E-state index contributed by atoms with van der Waals surface area (Å²) in [6, 6.07) is 6.88. The van der Waals surface area contributed by atoms with Crippen molar-refractivity contribution < 1.29 is 37.1 Å². The van der Waals surface area contributed by atoms with Crippen molar-refractivity contribution in [3.8, 4) is 5.88 Å². The molecular formula is C39H48N4O8S. The zero-order valence-electron chi connectivity index (χ0n) is 29.5. The first-order valence-electron chi connectivity index (χ1n) is 18.8. The van der Waals surface area contributed by atoms with Gasteiger partial charge in [0.05, 0.1) is 30.7 Å². The summed E-state index contributed by atoms with van der Waals surface area (Å²) in [5.74, 6) is -2.99. The predicted octanol–water partition coefficient (Wildman–Crippen LogP) is 4.58. The second kappa shape index (κ2) is 15.0. The number of rotatable bonds is 7. The molecule has 1 aromatic heterocycles. The van der Waals surface area contributed by atoms with Gasteiger partial charge >= 0.3 is 5.97 Å². The zero-order valence-corrected chi connectivity index (χ0v) is 30.3. The molecule has 12 nitrogen and oxygen atoms in total. The van der Waals surface area contributed by atoms with Crippen molar-refractivity contribution in [2.75, 3.05) is 13.2 Å². The van der Waals surface area contributed by atoms with Crippen LogP contribution < -0.4 is 14.8 Å². The fourth-order valence-electron chi connectivity index (χ4n) is 8.12. The molecule has 0 spiro atoms. The van der Waals surface area contributed by atoms with Crippen LogP contribution in [0.4, 0.5) is 0 Å². The van der Waals surface area contributed by atoms with E-state index in [4.69, 9.17) is 9.47 Å². The van der Waals surface area contributed by atoms with Crippen LogP contribution in [0.5, 0.6) is 5.88 Å². The molecule has 3 aliphatic carbocycles. The van der Waals surface area contributed by atoms with Gasteiger partial charge in [-0.3, -0.25) is 23.9 Å². The number of carbonyl (C=O) groups excluding carboxylic acids is 4. The van der Waals surface area contributed by atoms with Crippen molar-refractivity contribution in [1.29, 1.82) is 0 Å². The summed E-state index contributed by atoms with van der Waals surface area (Å²) in [7, 11) is -3.87. The Morgan fingerprint density at radius 2 is 1.85 bits per heavy atom. The molecule has 1 saturated heterocycles. The molecule has 278 valence electrons. The van der Waals surface area contributed by atoms with E-state index in [1.165, 1.54) is 11.0 Å². The molecule has 13 heteroatoms. The van der Waals surface area contributed by atoms with Gasteiger partial charge < -0.3 is 19.7 Å². The molecular weight excluding hydrogens is 685 g/mol. The number of nitrogens with zero attached hydrogens (tertiary/aromatic N) is 2. The minimum Gasteiger partial charge on any atom is -0.472 e. The Morgan fingerprint density at radius 3 is 2.60 bits per heavy atom. The van der Waals surface area contributed by atoms with Crippen LogP contribution in [-0.4, -0.2) is 78.1 Å². The third-order valence-corrected chi connectivity index (χ3v) is 13.2. The van der Waals surface area contributed by atoms with Gasteiger partial charge in [-0.15, -0.1) is 6.58 Å². The van der Waals surface area contributed by atoms with Crippen LogP contribution in [0.15, 0.2) is 49.2 Å². The first-order chi connectivity index (χ1) is 25.1. The van der Waals surface area contributed by atoms with E-state index in [0.29, 0.717) is 25.1 Å². The van der Waals surface area contributed by atoms with Crippen LogP contribution in [0.3, 0.4) is 0 Å². The summed E-state index contributed by atoms with van der Waals surface area (Å²) in [6.07, 6.45) is 14.8. The maximum atomic E-state index is 14.7. The lowest BCUT2D eigenvalue weighted by Gasteiger charge is -2.34. The van der Waals surface area contributed by atoms with E-state index in [2.05, 4.69) is 27.7 Å². The summed E-state index contributed by atoms with van der Waals surface area (Å²) < 4.78 is 39.8. The van der Waals surface area contributed by atoms with Crippen molar-refractivity contribution in [1.82, 2.24) is 19.9 Å². The highest BCUT2D eigenvalue weighted by Gasteiger charge is 2.62. The van der Waals surface area contributed by atoms with Gasteiger partial charge in [-0.2, -0.15) is 0 Å². The van der Waals surface area contributed by atoms with E-state index in [1.54, 1.807) is 6.20 Å². The van der Waals surface area contributed by atoms with Crippen LogP contribution in [0, 0.1) is 17.8 Å². The highest BCUT2D eigenvalue weighted by Crippen LogP contribution is 2.46. The van der Waals surface area contributed by atoms with Crippen molar-refractivity contribution in [3.05, 3.63) is 54.8 Å². The minimum atomic E-state index is -3.87. The Labute approximate surface area is 304 Å².